The largest absolute Gasteiger partial charge is 0.595 e. The molecule has 4 N–H and O–H groups in total. The first-order chi connectivity index (χ1) is 14.6. The first-order valence-corrected chi connectivity index (χ1v) is 10.0. The Balaban J connectivity index is 1.34. The molecule has 0 spiro atoms. The lowest BCUT2D eigenvalue weighted by Gasteiger charge is -2.32. The molecule has 0 saturated carbocycles. The fourth-order valence-corrected chi connectivity index (χ4v) is 3.88. The fourth-order valence-electron chi connectivity index (χ4n) is 3.88. The molecule has 1 saturated heterocycles. The number of piperidine rings is 1. The Bertz CT molecular complexity index is 1000. The maximum absolute atomic E-state index is 12.3. The maximum Gasteiger partial charge on any atom is 0.238 e. The number of para-hydroxylation sites is 1. The minimum Gasteiger partial charge on any atom is -0.595 e. The van der Waals surface area contributed by atoms with Gasteiger partial charge in [-0.3, -0.25) is 14.7 Å². The standard InChI is InChI=1S/C22H25N5O3/c28-22(25-16-4-2-1-3-5-16)15-26-12-9-17(10-13-26)24-20-6-7-21(27(29)30)19-14-23-11-8-18(19)20/h1-8,11,14,17,24,27,29H,9-10,12-13,15H2,(H,25,28). The summed E-state index contributed by atoms with van der Waals surface area (Å²) < 4.78 is 0. The number of quaternary nitrogens is 1. The quantitative estimate of drug-likeness (QED) is 0.467. The van der Waals surface area contributed by atoms with E-state index in [-0.39, 0.29) is 17.6 Å². The van der Waals surface area contributed by atoms with Crippen LogP contribution in [0.2, 0.25) is 0 Å². The molecule has 0 radical (unpaired) electrons. The molecule has 1 aliphatic rings. The number of hydrogen-bond acceptors (Lipinski definition) is 6. The van der Waals surface area contributed by atoms with Crippen molar-refractivity contribution in [2.24, 2.45) is 0 Å². The summed E-state index contributed by atoms with van der Waals surface area (Å²) in [4.78, 5) is 18.5. The minimum absolute atomic E-state index is 0.00429. The predicted molar refractivity (Wildman–Crippen MR) is 116 cm³/mol. The average Bonchev–Trinajstić information content (AvgIpc) is 2.76. The summed E-state index contributed by atoms with van der Waals surface area (Å²) in [6.07, 6.45) is 5.09. The highest BCUT2D eigenvalue weighted by Crippen LogP contribution is 2.29. The Morgan fingerprint density at radius 3 is 2.63 bits per heavy atom. The summed E-state index contributed by atoms with van der Waals surface area (Å²) in [5.41, 5.74) is 1.98. The third kappa shape index (κ3) is 4.74. The fraction of sp³-hybridized carbons (Fsp3) is 0.273. The molecule has 0 aliphatic carbocycles. The second kappa shape index (κ2) is 9.19. The van der Waals surface area contributed by atoms with Gasteiger partial charge in [-0.05, 0) is 37.1 Å². The molecule has 30 heavy (non-hydrogen) atoms. The predicted octanol–water partition coefficient (Wildman–Crippen LogP) is 2.15. The van der Waals surface area contributed by atoms with Gasteiger partial charge < -0.3 is 15.8 Å². The van der Waals surface area contributed by atoms with Crippen LogP contribution in [0.5, 0.6) is 0 Å². The van der Waals surface area contributed by atoms with E-state index in [9.17, 15) is 15.2 Å². The molecule has 4 rings (SSSR count). The van der Waals surface area contributed by atoms with Crippen molar-refractivity contribution in [1.29, 1.82) is 0 Å². The number of carbonyl (C=O) groups excluding carboxylic acids is 1. The topological polar surface area (TPSA) is 105 Å². The average molecular weight is 407 g/mol. The normalized spacial score (nSPS) is 16.3. The van der Waals surface area contributed by atoms with E-state index in [4.69, 9.17) is 0 Å². The van der Waals surface area contributed by atoms with Crippen LogP contribution in [0, 0.1) is 5.21 Å². The van der Waals surface area contributed by atoms with Crippen LogP contribution in [-0.2, 0) is 4.79 Å². The second-order valence-electron chi connectivity index (χ2n) is 7.50. The van der Waals surface area contributed by atoms with Crippen LogP contribution in [-0.4, -0.2) is 46.7 Å². The van der Waals surface area contributed by atoms with Crippen LogP contribution in [0.3, 0.4) is 0 Å². The maximum atomic E-state index is 12.3. The van der Waals surface area contributed by atoms with E-state index in [1.807, 2.05) is 42.5 Å². The third-order valence-corrected chi connectivity index (χ3v) is 5.42. The van der Waals surface area contributed by atoms with Gasteiger partial charge in [0.1, 0.15) is 0 Å². The van der Waals surface area contributed by atoms with Crippen molar-refractivity contribution >= 4 is 33.7 Å². The summed E-state index contributed by atoms with van der Waals surface area (Å²) >= 11 is 0. The molecule has 8 nitrogen and oxygen atoms in total. The van der Waals surface area contributed by atoms with Crippen LogP contribution in [0.4, 0.5) is 17.1 Å². The van der Waals surface area contributed by atoms with E-state index in [1.54, 1.807) is 18.5 Å². The first-order valence-electron chi connectivity index (χ1n) is 10.0. The molecule has 1 unspecified atom stereocenters. The number of nitrogens with one attached hydrogen (secondary N) is 3. The molecule has 1 atom stereocenters. The Morgan fingerprint density at radius 2 is 1.90 bits per heavy atom. The van der Waals surface area contributed by atoms with Crippen molar-refractivity contribution in [2.75, 3.05) is 30.3 Å². The lowest BCUT2D eigenvalue weighted by molar-refractivity contribution is -0.990. The second-order valence-corrected chi connectivity index (χ2v) is 7.50. The zero-order valence-corrected chi connectivity index (χ0v) is 16.5. The number of amides is 1. The molecule has 0 bridgehead atoms. The molecule has 1 fully saturated rings. The zero-order chi connectivity index (χ0) is 20.9. The molecular formula is C22H25N5O3. The molecule has 1 aromatic heterocycles. The Kier molecular flexibility index (Phi) is 6.20. The van der Waals surface area contributed by atoms with Gasteiger partial charge in [0.05, 0.1) is 11.9 Å². The summed E-state index contributed by atoms with van der Waals surface area (Å²) in [6.45, 7) is 2.03. The smallest absolute Gasteiger partial charge is 0.238 e. The Labute approximate surface area is 174 Å². The number of hydrogen-bond donors (Lipinski definition) is 4. The molecular weight excluding hydrogens is 382 g/mol. The molecule has 2 heterocycles. The van der Waals surface area contributed by atoms with Crippen molar-refractivity contribution in [3.8, 4) is 0 Å². The Hall–Kier alpha value is -3.04. The first kappa shape index (κ1) is 20.2. The number of benzene rings is 2. The molecule has 2 aromatic carbocycles. The molecule has 8 heteroatoms. The molecule has 1 aliphatic heterocycles. The van der Waals surface area contributed by atoms with E-state index < -0.39 is 5.23 Å². The summed E-state index contributed by atoms with van der Waals surface area (Å²) in [7, 11) is 0. The third-order valence-electron chi connectivity index (χ3n) is 5.42. The van der Waals surface area contributed by atoms with Crippen molar-refractivity contribution in [2.45, 2.75) is 18.9 Å². The SMILES string of the molecule is O=C(CN1CCC(Nc2ccc([NH+]([O-])O)c3cnccc23)CC1)Nc1ccccc1. The van der Waals surface area contributed by atoms with E-state index >= 15 is 0 Å². The number of anilines is 2. The van der Waals surface area contributed by atoms with Gasteiger partial charge in [0.25, 0.3) is 0 Å². The summed E-state index contributed by atoms with van der Waals surface area (Å²) in [5, 5.41) is 27.9. The van der Waals surface area contributed by atoms with Crippen LogP contribution in [0.25, 0.3) is 10.8 Å². The van der Waals surface area contributed by atoms with Crippen LogP contribution >= 0.6 is 0 Å². The van der Waals surface area contributed by atoms with Gasteiger partial charge in [-0.1, -0.05) is 18.2 Å². The van der Waals surface area contributed by atoms with Gasteiger partial charge in [0.15, 0.2) is 5.69 Å². The number of aromatic nitrogens is 1. The number of nitrogens with zero attached hydrogens (tertiary/aromatic N) is 2. The number of likely N-dealkylation sites (tertiary alicyclic amines) is 1. The van der Waals surface area contributed by atoms with Crippen molar-refractivity contribution in [3.05, 3.63) is 66.1 Å². The lowest BCUT2D eigenvalue weighted by Crippen LogP contribution is -2.99. The number of pyridine rings is 1. The number of fused-ring (bicyclic) bond motifs is 1. The highest BCUT2D eigenvalue weighted by molar-refractivity contribution is 5.99. The summed E-state index contributed by atoms with van der Waals surface area (Å²) in [6, 6.07) is 15.0. The van der Waals surface area contributed by atoms with Gasteiger partial charge in [0.2, 0.25) is 5.91 Å². The molecule has 156 valence electrons. The van der Waals surface area contributed by atoms with Crippen LogP contribution in [0.15, 0.2) is 60.9 Å². The minimum atomic E-state index is -0.957. The van der Waals surface area contributed by atoms with Crippen molar-refractivity contribution < 1.29 is 15.2 Å². The molecule has 3 aromatic rings. The Morgan fingerprint density at radius 1 is 1.13 bits per heavy atom. The monoisotopic (exact) mass is 407 g/mol. The van der Waals surface area contributed by atoms with Crippen molar-refractivity contribution in [1.82, 2.24) is 9.88 Å². The van der Waals surface area contributed by atoms with E-state index in [0.29, 0.717) is 11.9 Å². The lowest BCUT2D eigenvalue weighted by atomic mass is 10.0. The van der Waals surface area contributed by atoms with Gasteiger partial charge in [-0.2, -0.15) is 5.23 Å². The van der Waals surface area contributed by atoms with Crippen LogP contribution < -0.4 is 15.9 Å². The highest BCUT2D eigenvalue weighted by atomic mass is 16.8. The van der Waals surface area contributed by atoms with E-state index in [0.717, 1.165) is 42.7 Å². The van der Waals surface area contributed by atoms with Gasteiger partial charge in [0, 0.05) is 54.4 Å². The van der Waals surface area contributed by atoms with E-state index in [1.165, 1.54) is 0 Å². The summed E-state index contributed by atoms with van der Waals surface area (Å²) in [5.74, 6) is -0.00429. The van der Waals surface area contributed by atoms with Gasteiger partial charge >= 0.3 is 0 Å². The number of carbonyl (C=O) groups is 1. The zero-order valence-electron chi connectivity index (χ0n) is 16.5. The molecule has 1 amide bonds. The van der Waals surface area contributed by atoms with Gasteiger partial charge in [-0.15, -0.1) is 0 Å². The van der Waals surface area contributed by atoms with E-state index in [2.05, 4.69) is 20.5 Å². The van der Waals surface area contributed by atoms with Crippen molar-refractivity contribution in [3.63, 3.8) is 0 Å². The number of rotatable bonds is 6. The van der Waals surface area contributed by atoms with Gasteiger partial charge in [-0.25, -0.2) is 5.21 Å². The van der Waals surface area contributed by atoms with Crippen LogP contribution in [0.1, 0.15) is 12.8 Å². The highest BCUT2D eigenvalue weighted by Gasteiger charge is 2.22.